The van der Waals surface area contributed by atoms with Crippen LogP contribution in [-0.2, 0) is 10.0 Å². The molecule has 90 valence electrons. The number of nitrogen functional groups attached to an aromatic ring is 1. The summed E-state index contributed by atoms with van der Waals surface area (Å²) in [7, 11) is -3.27. The number of aryl methyl sites for hydroxylation is 1. The molecule has 0 saturated carbocycles. The number of halogens is 1. The van der Waals surface area contributed by atoms with Gasteiger partial charge in [-0.15, -0.1) is 0 Å². The van der Waals surface area contributed by atoms with E-state index in [2.05, 4.69) is 20.7 Å². The van der Waals surface area contributed by atoms with Crippen molar-refractivity contribution in [2.45, 2.75) is 20.3 Å². The van der Waals surface area contributed by atoms with E-state index >= 15 is 0 Å². The summed E-state index contributed by atoms with van der Waals surface area (Å²) in [5, 5.41) is 0. The van der Waals surface area contributed by atoms with Gasteiger partial charge < -0.3 is 5.73 Å². The average Bonchev–Trinajstić information content (AvgIpc) is 2.13. The van der Waals surface area contributed by atoms with Crippen molar-refractivity contribution in [1.82, 2.24) is 0 Å². The maximum atomic E-state index is 11.6. The molecule has 0 aliphatic carbocycles. The van der Waals surface area contributed by atoms with Crippen LogP contribution in [0, 0.1) is 6.92 Å². The molecule has 0 bridgehead atoms. The monoisotopic (exact) mass is 306 g/mol. The number of anilines is 2. The van der Waals surface area contributed by atoms with Crippen LogP contribution >= 0.6 is 15.9 Å². The van der Waals surface area contributed by atoms with Gasteiger partial charge in [0.2, 0.25) is 10.0 Å². The molecular formula is C10H15BrN2O2S. The number of hydrogen-bond acceptors (Lipinski definition) is 3. The molecule has 0 aliphatic heterocycles. The molecule has 1 rings (SSSR count). The van der Waals surface area contributed by atoms with Crippen LogP contribution in [0.25, 0.3) is 0 Å². The van der Waals surface area contributed by atoms with E-state index in [4.69, 9.17) is 5.73 Å². The first-order chi connectivity index (χ1) is 7.35. The van der Waals surface area contributed by atoms with Crippen molar-refractivity contribution in [2.24, 2.45) is 0 Å². The minimum atomic E-state index is -3.27. The van der Waals surface area contributed by atoms with E-state index in [1.165, 1.54) is 0 Å². The van der Waals surface area contributed by atoms with Crippen LogP contribution < -0.4 is 10.5 Å². The first-order valence-corrected chi connectivity index (χ1v) is 7.36. The molecule has 0 unspecified atom stereocenters. The van der Waals surface area contributed by atoms with Gasteiger partial charge in [-0.25, -0.2) is 8.42 Å². The van der Waals surface area contributed by atoms with Gasteiger partial charge >= 0.3 is 0 Å². The first-order valence-electron chi connectivity index (χ1n) is 4.92. The van der Waals surface area contributed by atoms with E-state index in [-0.39, 0.29) is 5.75 Å². The predicted octanol–water partition coefficient (Wildman–Crippen LogP) is 2.49. The molecule has 0 aliphatic rings. The Bertz CT molecular complexity index is 486. The lowest BCUT2D eigenvalue weighted by atomic mass is 10.2. The highest BCUT2D eigenvalue weighted by Crippen LogP contribution is 2.28. The second-order valence-electron chi connectivity index (χ2n) is 3.61. The molecule has 0 aromatic heterocycles. The lowest BCUT2D eigenvalue weighted by molar-refractivity contribution is 0.600. The van der Waals surface area contributed by atoms with Crippen LogP contribution in [0.15, 0.2) is 16.6 Å². The second-order valence-corrected chi connectivity index (χ2v) is 6.31. The van der Waals surface area contributed by atoms with Crippen molar-refractivity contribution in [3.05, 3.63) is 22.2 Å². The number of nitrogens with one attached hydrogen (secondary N) is 1. The Morgan fingerprint density at radius 3 is 2.62 bits per heavy atom. The largest absolute Gasteiger partial charge is 0.398 e. The van der Waals surface area contributed by atoms with Crippen molar-refractivity contribution < 1.29 is 8.42 Å². The quantitative estimate of drug-likeness (QED) is 0.839. The average molecular weight is 307 g/mol. The summed E-state index contributed by atoms with van der Waals surface area (Å²) in [4.78, 5) is 0. The molecule has 0 amide bonds. The van der Waals surface area contributed by atoms with Crippen LogP contribution in [-0.4, -0.2) is 14.2 Å². The van der Waals surface area contributed by atoms with Crippen molar-refractivity contribution in [3.8, 4) is 0 Å². The maximum Gasteiger partial charge on any atom is 0.232 e. The molecule has 0 radical (unpaired) electrons. The Hall–Kier alpha value is -0.750. The Morgan fingerprint density at radius 2 is 2.06 bits per heavy atom. The van der Waals surface area contributed by atoms with Gasteiger partial charge in [-0.2, -0.15) is 0 Å². The lowest BCUT2D eigenvalue weighted by Crippen LogP contribution is -2.16. The zero-order valence-electron chi connectivity index (χ0n) is 9.25. The van der Waals surface area contributed by atoms with Crippen LogP contribution in [0.3, 0.4) is 0 Å². The predicted molar refractivity (Wildman–Crippen MR) is 71.0 cm³/mol. The number of benzene rings is 1. The van der Waals surface area contributed by atoms with Crippen LogP contribution in [0.1, 0.15) is 18.9 Å². The summed E-state index contributed by atoms with van der Waals surface area (Å²) < 4.78 is 26.3. The van der Waals surface area contributed by atoms with E-state index in [1.54, 1.807) is 12.1 Å². The minimum absolute atomic E-state index is 0.104. The number of nitrogens with two attached hydrogens (primary N) is 1. The first kappa shape index (κ1) is 13.3. The molecule has 0 fully saturated rings. The molecule has 16 heavy (non-hydrogen) atoms. The Labute approximate surface area is 104 Å². The highest BCUT2D eigenvalue weighted by atomic mass is 79.9. The summed E-state index contributed by atoms with van der Waals surface area (Å²) in [6.45, 7) is 3.68. The van der Waals surface area contributed by atoms with E-state index in [1.807, 2.05) is 13.8 Å². The molecule has 0 saturated heterocycles. The molecule has 0 heterocycles. The number of hydrogen-bond donors (Lipinski definition) is 2. The lowest BCUT2D eigenvalue weighted by Gasteiger charge is -2.11. The summed E-state index contributed by atoms with van der Waals surface area (Å²) in [6, 6.07) is 3.41. The normalized spacial score (nSPS) is 11.4. The third kappa shape index (κ3) is 3.38. The van der Waals surface area contributed by atoms with Crippen LogP contribution in [0.4, 0.5) is 11.4 Å². The fourth-order valence-corrected chi connectivity index (χ4v) is 3.09. The fourth-order valence-electron chi connectivity index (χ4n) is 1.25. The fraction of sp³-hybridized carbons (Fsp3) is 0.400. The van der Waals surface area contributed by atoms with Crippen molar-refractivity contribution in [1.29, 1.82) is 0 Å². The Kier molecular flexibility index (Phi) is 4.21. The number of rotatable bonds is 4. The smallest absolute Gasteiger partial charge is 0.232 e. The van der Waals surface area contributed by atoms with Gasteiger partial charge in [0.1, 0.15) is 0 Å². The standard InChI is InChI=1S/C10H15BrN2O2S/c1-3-4-16(14,15)13-10-6-9(12)7(2)5-8(10)11/h5-6,13H,3-4,12H2,1-2H3. The Balaban J connectivity index is 3.03. The maximum absolute atomic E-state index is 11.6. The van der Waals surface area contributed by atoms with Crippen molar-refractivity contribution in [2.75, 3.05) is 16.2 Å². The molecule has 1 aromatic carbocycles. The zero-order valence-corrected chi connectivity index (χ0v) is 11.7. The molecule has 1 aromatic rings. The van der Waals surface area contributed by atoms with E-state index in [0.717, 1.165) is 5.56 Å². The van der Waals surface area contributed by atoms with Gasteiger partial charge in [-0.1, -0.05) is 6.92 Å². The second kappa shape index (κ2) is 5.05. The number of sulfonamides is 1. The Morgan fingerprint density at radius 1 is 1.44 bits per heavy atom. The minimum Gasteiger partial charge on any atom is -0.398 e. The summed E-state index contributed by atoms with van der Waals surface area (Å²) >= 11 is 3.30. The molecule has 3 N–H and O–H groups in total. The third-order valence-corrected chi connectivity index (χ3v) is 4.23. The van der Waals surface area contributed by atoms with Gasteiger partial charge in [0, 0.05) is 10.2 Å². The van der Waals surface area contributed by atoms with E-state index in [9.17, 15) is 8.42 Å². The zero-order chi connectivity index (χ0) is 12.3. The topological polar surface area (TPSA) is 72.2 Å². The van der Waals surface area contributed by atoms with Crippen LogP contribution in [0.5, 0.6) is 0 Å². The van der Waals surface area contributed by atoms with Gasteiger partial charge in [0.15, 0.2) is 0 Å². The van der Waals surface area contributed by atoms with Crippen LogP contribution in [0.2, 0.25) is 0 Å². The van der Waals surface area contributed by atoms with Gasteiger partial charge in [-0.05, 0) is 47.0 Å². The summed E-state index contributed by atoms with van der Waals surface area (Å²) in [5.41, 5.74) is 7.68. The molecule has 6 heteroatoms. The van der Waals surface area contributed by atoms with Crippen molar-refractivity contribution >= 4 is 37.3 Å². The SMILES string of the molecule is CCCS(=O)(=O)Nc1cc(N)c(C)cc1Br. The van der Waals surface area contributed by atoms with Gasteiger partial charge in [0.05, 0.1) is 11.4 Å². The van der Waals surface area contributed by atoms with Gasteiger partial charge in [-0.3, -0.25) is 4.72 Å². The summed E-state index contributed by atoms with van der Waals surface area (Å²) in [5.74, 6) is 0.104. The van der Waals surface area contributed by atoms with E-state index < -0.39 is 10.0 Å². The van der Waals surface area contributed by atoms with E-state index in [0.29, 0.717) is 22.3 Å². The summed E-state index contributed by atoms with van der Waals surface area (Å²) in [6.07, 6.45) is 0.578. The third-order valence-electron chi connectivity index (χ3n) is 2.09. The van der Waals surface area contributed by atoms with Crippen molar-refractivity contribution in [3.63, 3.8) is 0 Å². The van der Waals surface area contributed by atoms with Gasteiger partial charge in [0.25, 0.3) is 0 Å². The highest BCUT2D eigenvalue weighted by Gasteiger charge is 2.12. The molecule has 0 atom stereocenters. The molecule has 4 nitrogen and oxygen atoms in total. The highest BCUT2D eigenvalue weighted by molar-refractivity contribution is 9.10. The molecule has 0 spiro atoms. The molecular weight excluding hydrogens is 292 g/mol.